The molecule has 0 heterocycles. The largest absolute Gasteiger partial charge is 0.496 e. The van der Waals surface area contributed by atoms with Gasteiger partial charge in [0.05, 0.1) is 7.11 Å². The van der Waals surface area contributed by atoms with Crippen LogP contribution in [0.3, 0.4) is 0 Å². The van der Waals surface area contributed by atoms with E-state index in [2.05, 4.69) is 21.2 Å². The van der Waals surface area contributed by atoms with Gasteiger partial charge >= 0.3 is 0 Å². The van der Waals surface area contributed by atoms with E-state index in [1.165, 1.54) is 12.8 Å². The van der Waals surface area contributed by atoms with Gasteiger partial charge in [-0.1, -0.05) is 28.8 Å². The summed E-state index contributed by atoms with van der Waals surface area (Å²) in [5, 5.41) is 2.28. The normalized spacial score (nSPS) is 17.2. The van der Waals surface area contributed by atoms with Gasteiger partial charge in [0.1, 0.15) is 11.1 Å². The number of amides is 1. The molecule has 19 heavy (non-hydrogen) atoms. The molecule has 1 aromatic carbocycles. The van der Waals surface area contributed by atoms with Crippen molar-refractivity contribution in [1.29, 1.82) is 0 Å². The Hall–Kier alpha value is -0.740. The molecule has 1 fully saturated rings. The van der Waals surface area contributed by atoms with Crippen LogP contribution in [-0.2, 0) is 4.79 Å². The van der Waals surface area contributed by atoms with Crippen LogP contribution in [0, 0.1) is 0 Å². The molecular weight excluding hydrogens is 330 g/mol. The van der Waals surface area contributed by atoms with Crippen molar-refractivity contribution in [3.63, 3.8) is 0 Å². The van der Waals surface area contributed by atoms with E-state index >= 15 is 0 Å². The van der Waals surface area contributed by atoms with Crippen LogP contribution in [0.25, 0.3) is 0 Å². The van der Waals surface area contributed by atoms with Gasteiger partial charge in [-0.15, -0.1) is 11.6 Å². The minimum Gasteiger partial charge on any atom is -0.496 e. The highest BCUT2D eigenvalue weighted by atomic mass is 79.9. The van der Waals surface area contributed by atoms with Gasteiger partial charge in [-0.05, 0) is 31.0 Å². The molecule has 5 heteroatoms. The second-order valence-corrected chi connectivity index (χ2v) is 6.09. The summed E-state index contributed by atoms with van der Waals surface area (Å²) in [5.74, 6) is 0.481. The van der Waals surface area contributed by atoms with Crippen LogP contribution in [0.15, 0.2) is 22.7 Å². The van der Waals surface area contributed by atoms with Crippen molar-refractivity contribution < 1.29 is 9.53 Å². The molecular formula is C14H17BrClNO2. The van der Waals surface area contributed by atoms with E-state index in [1.54, 1.807) is 13.2 Å². The van der Waals surface area contributed by atoms with E-state index in [4.69, 9.17) is 16.3 Å². The second kappa shape index (κ2) is 6.62. The van der Waals surface area contributed by atoms with E-state index in [-0.39, 0.29) is 11.9 Å². The molecule has 0 radical (unpaired) electrons. The fraction of sp³-hybridized carbons (Fsp3) is 0.500. The van der Waals surface area contributed by atoms with Crippen LogP contribution < -0.4 is 10.1 Å². The van der Waals surface area contributed by atoms with Crippen LogP contribution >= 0.6 is 27.5 Å². The van der Waals surface area contributed by atoms with Gasteiger partial charge in [0.25, 0.3) is 0 Å². The third-order valence-electron chi connectivity index (χ3n) is 3.40. The minimum absolute atomic E-state index is 0.148. The molecule has 0 saturated heterocycles. The molecule has 104 valence electrons. The van der Waals surface area contributed by atoms with Gasteiger partial charge < -0.3 is 10.1 Å². The molecule has 1 N–H and O–H groups in total. The van der Waals surface area contributed by atoms with Crippen molar-refractivity contribution >= 4 is 33.4 Å². The lowest BCUT2D eigenvalue weighted by molar-refractivity contribution is -0.121. The summed E-state index contributed by atoms with van der Waals surface area (Å²) in [6, 6.07) is 5.76. The van der Waals surface area contributed by atoms with Crippen molar-refractivity contribution in [3.8, 4) is 5.75 Å². The molecule has 3 nitrogen and oxygen atoms in total. The van der Waals surface area contributed by atoms with E-state index in [0.717, 1.165) is 17.3 Å². The Labute approximate surface area is 126 Å². The maximum Gasteiger partial charge on any atom is 0.242 e. The van der Waals surface area contributed by atoms with Crippen molar-refractivity contribution in [2.75, 3.05) is 7.11 Å². The highest BCUT2D eigenvalue weighted by Crippen LogP contribution is 2.32. The summed E-state index contributed by atoms with van der Waals surface area (Å²) in [4.78, 5) is 12.2. The average molecular weight is 347 g/mol. The van der Waals surface area contributed by atoms with Crippen LogP contribution in [0.2, 0.25) is 0 Å². The van der Waals surface area contributed by atoms with Gasteiger partial charge in [0.15, 0.2) is 0 Å². The summed E-state index contributed by atoms with van der Waals surface area (Å²) < 4.78 is 6.13. The number of halogens is 2. The zero-order valence-corrected chi connectivity index (χ0v) is 13.1. The predicted molar refractivity (Wildman–Crippen MR) is 79.7 cm³/mol. The van der Waals surface area contributed by atoms with Gasteiger partial charge in [0.2, 0.25) is 5.91 Å². The maximum atomic E-state index is 12.2. The van der Waals surface area contributed by atoms with Crippen molar-refractivity contribution in [2.24, 2.45) is 0 Å². The molecule has 0 aliphatic heterocycles. The standard InChI is InChI=1S/C14H17BrClNO2/c1-19-12-7-6-9(15)8-11(12)13(16)14(18)17-10-4-2-3-5-10/h6-8,10,13H,2-5H2,1H3,(H,17,18). The monoisotopic (exact) mass is 345 g/mol. The molecule has 1 aliphatic rings. The number of nitrogens with one attached hydrogen (secondary N) is 1. The predicted octanol–water partition coefficient (Wildman–Crippen LogP) is 3.80. The second-order valence-electron chi connectivity index (χ2n) is 4.74. The van der Waals surface area contributed by atoms with Crippen LogP contribution in [0.5, 0.6) is 5.75 Å². The first-order valence-electron chi connectivity index (χ1n) is 6.39. The number of alkyl halides is 1. The number of ether oxygens (including phenoxy) is 1. The Balaban J connectivity index is 2.11. The number of hydrogen-bond donors (Lipinski definition) is 1. The van der Waals surface area contributed by atoms with E-state index < -0.39 is 5.38 Å². The first kappa shape index (κ1) is 14.7. The Bertz CT molecular complexity index is 461. The van der Waals surface area contributed by atoms with E-state index in [9.17, 15) is 4.79 Å². The molecule has 0 aromatic heterocycles. The summed E-state index contributed by atoms with van der Waals surface area (Å²) in [6.45, 7) is 0. The third-order valence-corrected chi connectivity index (χ3v) is 4.32. The fourth-order valence-electron chi connectivity index (χ4n) is 2.39. The topological polar surface area (TPSA) is 38.3 Å². The molecule has 0 bridgehead atoms. The highest BCUT2D eigenvalue weighted by Gasteiger charge is 2.25. The summed E-state index contributed by atoms with van der Waals surface area (Å²) in [5.41, 5.74) is 0.689. The molecule has 1 amide bonds. The quantitative estimate of drug-likeness (QED) is 0.842. The Morgan fingerprint density at radius 2 is 2.16 bits per heavy atom. The molecule has 1 saturated carbocycles. The number of carbonyl (C=O) groups excluding carboxylic acids is 1. The molecule has 1 aromatic rings. The number of methoxy groups -OCH3 is 1. The molecule has 1 atom stereocenters. The first-order valence-corrected chi connectivity index (χ1v) is 7.62. The first-order chi connectivity index (χ1) is 9.11. The molecule has 0 spiro atoms. The fourth-order valence-corrected chi connectivity index (χ4v) is 3.00. The highest BCUT2D eigenvalue weighted by molar-refractivity contribution is 9.10. The van der Waals surface area contributed by atoms with Gasteiger partial charge in [-0.25, -0.2) is 0 Å². The Morgan fingerprint density at radius 1 is 1.47 bits per heavy atom. The van der Waals surface area contributed by atoms with Crippen molar-refractivity contribution in [3.05, 3.63) is 28.2 Å². The van der Waals surface area contributed by atoms with E-state index in [0.29, 0.717) is 11.3 Å². The van der Waals surface area contributed by atoms with E-state index in [1.807, 2.05) is 12.1 Å². The lowest BCUT2D eigenvalue weighted by atomic mass is 10.1. The average Bonchev–Trinajstić information content (AvgIpc) is 2.90. The van der Waals surface area contributed by atoms with Crippen LogP contribution in [0.1, 0.15) is 36.6 Å². The maximum absolute atomic E-state index is 12.2. The Kier molecular flexibility index (Phi) is 5.11. The van der Waals surface area contributed by atoms with Gasteiger partial charge in [0, 0.05) is 16.1 Å². The summed E-state index contributed by atoms with van der Waals surface area (Å²) in [6.07, 6.45) is 4.45. The number of carbonyl (C=O) groups is 1. The molecule has 1 aliphatic carbocycles. The number of rotatable bonds is 4. The number of hydrogen-bond acceptors (Lipinski definition) is 2. The zero-order valence-electron chi connectivity index (χ0n) is 10.8. The minimum atomic E-state index is -0.729. The smallest absolute Gasteiger partial charge is 0.242 e. The molecule has 2 rings (SSSR count). The zero-order chi connectivity index (χ0) is 13.8. The van der Waals surface area contributed by atoms with Gasteiger partial charge in [-0.3, -0.25) is 4.79 Å². The lowest BCUT2D eigenvalue weighted by Gasteiger charge is -2.17. The SMILES string of the molecule is COc1ccc(Br)cc1C(Cl)C(=O)NC1CCCC1. The van der Waals surface area contributed by atoms with Crippen molar-refractivity contribution in [2.45, 2.75) is 37.1 Å². The van der Waals surface area contributed by atoms with Crippen LogP contribution in [0.4, 0.5) is 0 Å². The Morgan fingerprint density at radius 3 is 2.79 bits per heavy atom. The van der Waals surface area contributed by atoms with Crippen LogP contribution in [-0.4, -0.2) is 19.1 Å². The van der Waals surface area contributed by atoms with Crippen molar-refractivity contribution in [1.82, 2.24) is 5.32 Å². The third kappa shape index (κ3) is 3.63. The molecule has 1 unspecified atom stereocenters. The van der Waals surface area contributed by atoms with Gasteiger partial charge in [-0.2, -0.15) is 0 Å². The lowest BCUT2D eigenvalue weighted by Crippen LogP contribution is -2.35. The summed E-state index contributed by atoms with van der Waals surface area (Å²) >= 11 is 9.66. The summed E-state index contributed by atoms with van der Waals surface area (Å²) in [7, 11) is 1.57. The number of benzene rings is 1.